The van der Waals surface area contributed by atoms with E-state index in [0.717, 1.165) is 4.70 Å². The van der Waals surface area contributed by atoms with Gasteiger partial charge in [0, 0.05) is 22.2 Å². The quantitative estimate of drug-likeness (QED) is 0.346. The van der Waals surface area contributed by atoms with Crippen molar-refractivity contribution in [3.8, 4) is 5.75 Å². The number of hydrazone groups is 1. The van der Waals surface area contributed by atoms with Gasteiger partial charge in [-0.3, -0.25) is 14.9 Å². The summed E-state index contributed by atoms with van der Waals surface area (Å²) in [7, 11) is 0. The van der Waals surface area contributed by atoms with Gasteiger partial charge in [0.15, 0.2) is 0 Å². The molecule has 0 bridgehead atoms. The first-order valence-electron chi connectivity index (χ1n) is 8.31. The molecule has 0 unspecified atom stereocenters. The molecule has 0 aliphatic carbocycles. The molecule has 7 nitrogen and oxygen atoms in total. The molecule has 0 saturated carbocycles. The van der Waals surface area contributed by atoms with Crippen LogP contribution in [-0.4, -0.2) is 23.1 Å². The predicted octanol–water partition coefficient (Wildman–Crippen LogP) is 5.01. The van der Waals surface area contributed by atoms with Gasteiger partial charge < -0.3 is 4.74 Å². The molecule has 2 aromatic carbocycles. The number of nitro benzene ring substituents is 1. The van der Waals surface area contributed by atoms with Crippen LogP contribution >= 0.6 is 22.9 Å². The number of thiophene rings is 1. The number of nitrogens with one attached hydrogen (secondary N) is 1. The minimum atomic E-state index is -0.468. The number of benzene rings is 2. The first-order chi connectivity index (χ1) is 13.3. The zero-order valence-corrected chi connectivity index (χ0v) is 16.6. The Morgan fingerprint density at radius 2 is 2.07 bits per heavy atom. The molecular weight excluding hydrogens is 402 g/mol. The van der Waals surface area contributed by atoms with Crippen molar-refractivity contribution in [3.05, 3.63) is 68.0 Å². The highest BCUT2D eigenvalue weighted by Crippen LogP contribution is 2.29. The van der Waals surface area contributed by atoms with Crippen LogP contribution in [0.3, 0.4) is 0 Å². The molecule has 28 heavy (non-hydrogen) atoms. The van der Waals surface area contributed by atoms with Gasteiger partial charge in [-0.1, -0.05) is 11.6 Å². The molecule has 0 radical (unpaired) electrons. The molecule has 1 N–H and O–H groups in total. The van der Waals surface area contributed by atoms with Crippen molar-refractivity contribution in [2.75, 3.05) is 0 Å². The highest BCUT2D eigenvalue weighted by atomic mass is 35.5. The fraction of sp³-hybridized carbons (Fsp3) is 0.158. The Balaban J connectivity index is 1.69. The average Bonchev–Trinajstić information content (AvgIpc) is 3.07. The molecule has 3 rings (SSSR count). The van der Waals surface area contributed by atoms with Crippen LogP contribution in [0.2, 0.25) is 5.02 Å². The Bertz CT molecular complexity index is 1080. The summed E-state index contributed by atoms with van der Waals surface area (Å²) in [5, 5.41) is 15.9. The maximum Gasteiger partial charge on any atom is 0.281 e. The summed E-state index contributed by atoms with van der Waals surface area (Å²) in [4.78, 5) is 23.1. The van der Waals surface area contributed by atoms with Gasteiger partial charge in [-0.25, -0.2) is 5.43 Å². The monoisotopic (exact) mass is 417 g/mol. The molecule has 0 saturated heterocycles. The van der Waals surface area contributed by atoms with E-state index in [9.17, 15) is 14.9 Å². The van der Waals surface area contributed by atoms with Crippen molar-refractivity contribution in [3.63, 3.8) is 0 Å². The highest BCUT2D eigenvalue weighted by Gasteiger charge is 2.13. The van der Waals surface area contributed by atoms with Crippen molar-refractivity contribution < 1.29 is 14.5 Å². The maximum absolute atomic E-state index is 12.3. The number of carbonyl (C=O) groups excluding carboxylic acids is 1. The Labute approximate surface area is 169 Å². The zero-order chi connectivity index (χ0) is 20.3. The lowest BCUT2D eigenvalue weighted by molar-refractivity contribution is -0.384. The second-order valence-electron chi connectivity index (χ2n) is 6.15. The number of amides is 1. The van der Waals surface area contributed by atoms with E-state index >= 15 is 0 Å². The molecule has 144 valence electrons. The second-order valence-corrected chi connectivity index (χ2v) is 7.64. The van der Waals surface area contributed by atoms with E-state index in [1.54, 1.807) is 30.3 Å². The fourth-order valence-electron chi connectivity index (χ4n) is 2.42. The molecule has 1 heterocycles. The van der Waals surface area contributed by atoms with Gasteiger partial charge in [0.1, 0.15) is 5.75 Å². The predicted molar refractivity (Wildman–Crippen MR) is 111 cm³/mol. The van der Waals surface area contributed by atoms with Crippen LogP contribution in [0.1, 0.15) is 29.1 Å². The maximum atomic E-state index is 12.3. The third-order valence-electron chi connectivity index (χ3n) is 3.63. The summed E-state index contributed by atoms with van der Waals surface area (Å²) in [5.41, 5.74) is 3.13. The largest absolute Gasteiger partial charge is 0.489 e. The SMILES string of the molecule is CC(C)Oc1ccc(C=NNC(=O)c2cc3cc([N+](=O)[O-])ccc3s2)cc1Cl. The van der Waals surface area contributed by atoms with E-state index in [2.05, 4.69) is 10.5 Å². The van der Waals surface area contributed by atoms with E-state index in [1.165, 1.54) is 29.7 Å². The number of carbonyl (C=O) groups is 1. The Kier molecular flexibility index (Phi) is 5.91. The lowest BCUT2D eigenvalue weighted by Gasteiger charge is -2.11. The van der Waals surface area contributed by atoms with Gasteiger partial charge in [0.2, 0.25) is 0 Å². The first kappa shape index (κ1) is 19.8. The number of nitro groups is 1. The standard InChI is InChI=1S/C19H16ClN3O4S/c1-11(2)27-16-5-3-12(7-15(16)20)10-21-22-19(24)18-9-13-8-14(23(25)26)4-6-17(13)28-18/h3-11H,1-2H3,(H,22,24). The minimum absolute atomic E-state index is 0.0130. The van der Waals surface area contributed by atoms with Gasteiger partial charge in [-0.05, 0) is 49.7 Å². The molecule has 3 aromatic rings. The number of rotatable bonds is 6. The zero-order valence-electron chi connectivity index (χ0n) is 15.0. The van der Waals surface area contributed by atoms with Crippen molar-refractivity contribution in [1.82, 2.24) is 5.43 Å². The van der Waals surface area contributed by atoms with Crippen molar-refractivity contribution in [2.45, 2.75) is 20.0 Å². The summed E-state index contributed by atoms with van der Waals surface area (Å²) >= 11 is 7.41. The van der Waals surface area contributed by atoms with E-state index in [-0.39, 0.29) is 11.8 Å². The minimum Gasteiger partial charge on any atom is -0.489 e. The van der Waals surface area contributed by atoms with E-state index in [4.69, 9.17) is 16.3 Å². The summed E-state index contributed by atoms with van der Waals surface area (Å²) < 4.78 is 6.35. The Morgan fingerprint density at radius 3 is 2.75 bits per heavy atom. The molecule has 1 amide bonds. The van der Waals surface area contributed by atoms with Crippen molar-refractivity contribution in [2.24, 2.45) is 5.10 Å². The lowest BCUT2D eigenvalue weighted by Crippen LogP contribution is -2.16. The van der Waals surface area contributed by atoms with Gasteiger partial charge in [-0.2, -0.15) is 5.10 Å². The molecule has 0 fully saturated rings. The van der Waals surface area contributed by atoms with E-state index in [1.807, 2.05) is 13.8 Å². The van der Waals surface area contributed by atoms with Crippen LogP contribution in [0.5, 0.6) is 5.75 Å². The summed E-state index contributed by atoms with van der Waals surface area (Å²) in [6.07, 6.45) is 1.49. The number of non-ortho nitro benzene ring substituents is 1. The number of hydrogen-bond donors (Lipinski definition) is 1. The molecular formula is C19H16ClN3O4S. The Hall–Kier alpha value is -2.97. The van der Waals surface area contributed by atoms with Gasteiger partial charge in [0.05, 0.1) is 27.1 Å². The molecule has 0 aliphatic rings. The summed E-state index contributed by atoms with van der Waals surface area (Å²) in [6, 6.07) is 11.3. The molecule has 9 heteroatoms. The normalized spacial score (nSPS) is 11.3. The van der Waals surface area contributed by atoms with Crippen LogP contribution in [0.25, 0.3) is 10.1 Å². The van der Waals surface area contributed by atoms with E-state index < -0.39 is 10.8 Å². The second kappa shape index (κ2) is 8.37. The smallest absolute Gasteiger partial charge is 0.281 e. The molecule has 0 spiro atoms. The third kappa shape index (κ3) is 4.65. The van der Waals surface area contributed by atoms with Gasteiger partial charge in [0.25, 0.3) is 11.6 Å². The average molecular weight is 418 g/mol. The Morgan fingerprint density at radius 1 is 1.29 bits per heavy atom. The molecule has 0 aliphatic heterocycles. The lowest BCUT2D eigenvalue weighted by atomic mass is 10.2. The third-order valence-corrected chi connectivity index (χ3v) is 5.04. The van der Waals surface area contributed by atoms with Gasteiger partial charge in [-0.15, -0.1) is 11.3 Å². The van der Waals surface area contributed by atoms with Gasteiger partial charge >= 0.3 is 0 Å². The number of halogens is 1. The van der Waals surface area contributed by atoms with Crippen LogP contribution in [0.15, 0.2) is 47.6 Å². The summed E-state index contributed by atoms with van der Waals surface area (Å²) in [6.45, 7) is 3.82. The van der Waals surface area contributed by atoms with Crippen molar-refractivity contribution in [1.29, 1.82) is 0 Å². The fourth-order valence-corrected chi connectivity index (χ4v) is 3.59. The number of fused-ring (bicyclic) bond motifs is 1. The number of ether oxygens (including phenoxy) is 1. The van der Waals surface area contributed by atoms with Crippen LogP contribution in [0, 0.1) is 10.1 Å². The molecule has 0 atom stereocenters. The van der Waals surface area contributed by atoms with Crippen molar-refractivity contribution >= 4 is 50.8 Å². The highest BCUT2D eigenvalue weighted by molar-refractivity contribution is 7.20. The molecule has 1 aromatic heterocycles. The van der Waals surface area contributed by atoms with Crippen LogP contribution in [-0.2, 0) is 0 Å². The number of nitrogens with zero attached hydrogens (tertiary/aromatic N) is 2. The number of hydrogen-bond acceptors (Lipinski definition) is 6. The first-order valence-corrected chi connectivity index (χ1v) is 9.50. The van der Waals surface area contributed by atoms with Crippen LogP contribution < -0.4 is 10.2 Å². The topological polar surface area (TPSA) is 93.8 Å². The summed E-state index contributed by atoms with van der Waals surface area (Å²) in [5.74, 6) is 0.184. The van der Waals surface area contributed by atoms with E-state index in [0.29, 0.717) is 26.6 Å². The van der Waals surface area contributed by atoms with Crippen LogP contribution in [0.4, 0.5) is 5.69 Å².